The predicted octanol–water partition coefficient (Wildman–Crippen LogP) is 9.71. The van der Waals surface area contributed by atoms with Crippen LogP contribution >= 0.6 is 0 Å². The Balaban J connectivity index is 1.36. The molecule has 38 heavy (non-hydrogen) atoms. The van der Waals surface area contributed by atoms with Crippen LogP contribution in [0.4, 0.5) is 0 Å². The maximum absolute atomic E-state index is 12.6. The third kappa shape index (κ3) is 6.17. The van der Waals surface area contributed by atoms with E-state index in [0.29, 0.717) is 17.3 Å². The molecule has 8 atom stereocenters. The van der Waals surface area contributed by atoms with E-state index in [4.69, 9.17) is 4.74 Å². The fraction of sp³-hybridized carbons (Fsp3) is 0.829. The lowest BCUT2D eigenvalue weighted by Crippen LogP contribution is -2.51. The van der Waals surface area contributed by atoms with Gasteiger partial charge in [0.2, 0.25) is 0 Å². The second kappa shape index (κ2) is 12.4. The molecular weight excluding hydrogens is 466 g/mol. The molecule has 0 aliphatic heterocycles. The van der Waals surface area contributed by atoms with Gasteiger partial charge in [0.25, 0.3) is 0 Å². The molecule has 3 saturated carbocycles. The summed E-state index contributed by atoms with van der Waals surface area (Å²) in [7, 11) is 0. The summed E-state index contributed by atoms with van der Waals surface area (Å²) in [5.41, 5.74) is 3.59. The number of hydrogen-bond acceptors (Lipinski definition) is 3. The summed E-state index contributed by atoms with van der Waals surface area (Å²) in [6, 6.07) is 0. The molecule has 4 rings (SSSR count). The smallest absolute Gasteiger partial charge is 0.306 e. The van der Waals surface area contributed by atoms with Gasteiger partial charge in [-0.05, 0) is 112 Å². The van der Waals surface area contributed by atoms with Crippen LogP contribution in [0.3, 0.4) is 0 Å². The topological polar surface area (TPSA) is 38.7 Å². The van der Waals surface area contributed by atoms with Crippen molar-refractivity contribution >= 4 is 12.2 Å². The number of hydrogen-bond donors (Lipinski definition) is 0. The van der Waals surface area contributed by atoms with Crippen LogP contribution in [-0.4, -0.2) is 18.3 Å². The van der Waals surface area contributed by atoms with Gasteiger partial charge in [-0.15, -0.1) is 0 Å². The van der Waals surface area contributed by atoms with Gasteiger partial charge in [0, 0.05) is 25.3 Å². The Kier molecular flexibility index (Phi) is 9.68. The molecule has 3 fully saturated rings. The van der Waals surface area contributed by atoms with Gasteiger partial charge in [0.05, 0.1) is 0 Å². The molecule has 0 amide bonds. The van der Waals surface area contributed by atoms with E-state index in [2.05, 4.69) is 45.7 Å². The van der Waals surface area contributed by atoms with Crippen molar-refractivity contribution in [3.8, 4) is 0 Å². The van der Waals surface area contributed by atoms with Crippen molar-refractivity contribution in [3.05, 3.63) is 23.4 Å². The van der Waals surface area contributed by atoms with Gasteiger partial charge >= 0.3 is 5.97 Å². The van der Waals surface area contributed by atoms with Crippen LogP contribution in [0.5, 0.6) is 0 Å². The van der Waals surface area contributed by atoms with E-state index in [-0.39, 0.29) is 12.1 Å². The fourth-order valence-corrected chi connectivity index (χ4v) is 9.56. The normalized spacial score (nSPS) is 37.9. The van der Waals surface area contributed by atoms with Gasteiger partial charge < -0.3 is 4.74 Å². The van der Waals surface area contributed by atoms with Gasteiger partial charge in [-0.3, -0.25) is 9.79 Å². The standard InChI is InChI=1S/C35H57NO2/c1-8-36-23-25(4)12-17-33(37)38-28-18-20-34(6)27(22-28)13-14-29-31-16-15-30(26(5)11-9-10-24(2)3)35(31,7)21-19-32(29)34/h8,13,23-24,26,28-32H,9-12,14-22H2,1-7H3/b25-23+,36-8-. The van der Waals surface area contributed by atoms with Crippen molar-refractivity contribution in [1.29, 1.82) is 0 Å². The summed E-state index contributed by atoms with van der Waals surface area (Å²) in [4.78, 5) is 16.8. The molecule has 3 nitrogen and oxygen atoms in total. The largest absolute Gasteiger partial charge is 0.462 e. The zero-order valence-corrected chi connectivity index (χ0v) is 25.7. The Morgan fingerprint density at radius 1 is 1.08 bits per heavy atom. The molecule has 0 aromatic rings. The van der Waals surface area contributed by atoms with Crippen LogP contribution in [-0.2, 0) is 9.53 Å². The third-order valence-corrected chi connectivity index (χ3v) is 11.7. The van der Waals surface area contributed by atoms with Gasteiger partial charge in [-0.1, -0.05) is 71.1 Å². The highest BCUT2D eigenvalue weighted by Crippen LogP contribution is 2.67. The zero-order valence-electron chi connectivity index (χ0n) is 25.7. The Bertz CT molecular complexity index is 915. The van der Waals surface area contributed by atoms with Crippen molar-refractivity contribution in [3.63, 3.8) is 0 Å². The lowest BCUT2D eigenvalue weighted by atomic mass is 9.47. The maximum Gasteiger partial charge on any atom is 0.306 e. The molecule has 0 N–H and O–H groups in total. The van der Waals surface area contributed by atoms with E-state index in [1.54, 1.807) is 11.8 Å². The molecule has 8 unspecified atom stereocenters. The van der Waals surface area contributed by atoms with Crippen molar-refractivity contribution < 1.29 is 9.53 Å². The lowest BCUT2D eigenvalue weighted by molar-refractivity contribution is -0.151. The number of esters is 1. The number of carbonyl (C=O) groups is 1. The van der Waals surface area contributed by atoms with Crippen molar-refractivity contribution in [2.24, 2.45) is 51.3 Å². The van der Waals surface area contributed by atoms with Crippen LogP contribution in [0.1, 0.15) is 132 Å². The molecule has 0 bridgehead atoms. The first-order chi connectivity index (χ1) is 18.1. The highest BCUT2D eigenvalue weighted by molar-refractivity contribution is 5.70. The number of aliphatic imine (C=N–C) groups is 1. The summed E-state index contributed by atoms with van der Waals surface area (Å²) in [6.45, 7) is 16.5. The monoisotopic (exact) mass is 523 g/mol. The number of nitrogens with zero attached hydrogens (tertiary/aromatic N) is 1. The Labute approximate surface area is 234 Å². The van der Waals surface area contributed by atoms with Crippen LogP contribution < -0.4 is 0 Å². The minimum Gasteiger partial charge on any atom is -0.462 e. The number of allylic oxidation sites excluding steroid dienone is 2. The molecule has 214 valence electrons. The quantitative estimate of drug-likeness (QED) is 0.162. The van der Waals surface area contributed by atoms with E-state index in [9.17, 15) is 4.79 Å². The number of ether oxygens (including phenoxy) is 1. The lowest BCUT2D eigenvalue weighted by Gasteiger charge is -2.58. The maximum atomic E-state index is 12.6. The van der Waals surface area contributed by atoms with Gasteiger partial charge in [0.15, 0.2) is 0 Å². The molecule has 3 heteroatoms. The molecule has 4 aliphatic rings. The predicted molar refractivity (Wildman–Crippen MR) is 160 cm³/mol. The summed E-state index contributed by atoms with van der Waals surface area (Å²) < 4.78 is 6.00. The van der Waals surface area contributed by atoms with E-state index in [1.165, 1.54) is 57.8 Å². The SMILES string of the molecule is C/C=N\C=C(/C)CCC(=O)OC1CCC2(C)C(=CCC3C2CCC2(C)C(C(C)CCCC(C)C)CCC32)C1. The average Bonchev–Trinajstić information content (AvgIpc) is 3.23. The second-order valence-corrected chi connectivity index (χ2v) is 14.5. The van der Waals surface area contributed by atoms with Crippen LogP contribution in [0.25, 0.3) is 0 Å². The van der Waals surface area contributed by atoms with Crippen LogP contribution in [0, 0.1) is 46.3 Å². The minimum atomic E-state index is -0.0472. The number of fused-ring (bicyclic) bond motifs is 5. The molecular formula is C35H57NO2. The fourth-order valence-electron chi connectivity index (χ4n) is 9.56. The van der Waals surface area contributed by atoms with Crippen LogP contribution in [0.2, 0.25) is 0 Å². The highest BCUT2D eigenvalue weighted by Gasteiger charge is 2.59. The molecule has 4 aliphatic carbocycles. The third-order valence-electron chi connectivity index (χ3n) is 11.7. The number of carbonyl (C=O) groups excluding carboxylic acids is 1. The molecule has 0 aromatic carbocycles. The molecule has 0 saturated heterocycles. The van der Waals surface area contributed by atoms with Gasteiger partial charge in [0.1, 0.15) is 6.10 Å². The summed E-state index contributed by atoms with van der Waals surface area (Å²) in [6.07, 6.45) is 21.8. The van der Waals surface area contributed by atoms with Gasteiger partial charge in [-0.25, -0.2) is 0 Å². The van der Waals surface area contributed by atoms with Crippen molar-refractivity contribution in [2.75, 3.05) is 0 Å². The molecule has 0 aromatic heterocycles. The first kappa shape index (κ1) is 29.6. The Morgan fingerprint density at radius 2 is 1.87 bits per heavy atom. The first-order valence-corrected chi connectivity index (χ1v) is 16.1. The van der Waals surface area contributed by atoms with Crippen LogP contribution in [0.15, 0.2) is 28.4 Å². The molecule has 0 spiro atoms. The Hall–Kier alpha value is -1.38. The van der Waals surface area contributed by atoms with Gasteiger partial charge in [-0.2, -0.15) is 0 Å². The summed E-state index contributed by atoms with van der Waals surface area (Å²) >= 11 is 0. The van der Waals surface area contributed by atoms with E-state index >= 15 is 0 Å². The minimum absolute atomic E-state index is 0.0472. The van der Waals surface area contributed by atoms with Crippen molar-refractivity contribution in [1.82, 2.24) is 0 Å². The highest BCUT2D eigenvalue weighted by atomic mass is 16.5. The van der Waals surface area contributed by atoms with E-state index in [0.717, 1.165) is 60.3 Å². The second-order valence-electron chi connectivity index (χ2n) is 14.5. The summed E-state index contributed by atoms with van der Waals surface area (Å²) in [5, 5.41) is 0. The Morgan fingerprint density at radius 3 is 2.61 bits per heavy atom. The van der Waals surface area contributed by atoms with E-state index in [1.807, 2.05) is 20.0 Å². The molecule has 0 radical (unpaired) electrons. The summed E-state index contributed by atoms with van der Waals surface area (Å²) in [5.74, 6) is 5.15. The van der Waals surface area contributed by atoms with E-state index < -0.39 is 0 Å². The molecule has 0 heterocycles. The van der Waals surface area contributed by atoms with Crippen molar-refractivity contribution in [2.45, 2.75) is 138 Å². The zero-order chi connectivity index (χ0) is 27.5. The number of rotatable bonds is 10. The first-order valence-electron chi connectivity index (χ1n) is 16.1. The average molecular weight is 524 g/mol.